The van der Waals surface area contributed by atoms with Crippen molar-refractivity contribution in [3.8, 4) is 0 Å². The molecule has 1 aromatic heterocycles. The van der Waals surface area contributed by atoms with Crippen molar-refractivity contribution in [2.45, 2.75) is 12.7 Å². The van der Waals surface area contributed by atoms with Gasteiger partial charge < -0.3 is 0 Å². The lowest BCUT2D eigenvalue weighted by molar-refractivity contribution is 0.102. The fourth-order valence-electron chi connectivity index (χ4n) is 1.84. The first kappa shape index (κ1) is 15.2. The number of hydrogen-bond acceptors (Lipinski definition) is 4. The largest absolute Gasteiger partial charge is 0.292 e. The van der Waals surface area contributed by atoms with Gasteiger partial charge >= 0.3 is 0 Å². The second-order valence-corrected chi connectivity index (χ2v) is 8.33. The maximum Gasteiger partial charge on any atom is 0.187 e. The molecule has 1 aromatic carbocycles. The molecule has 0 unspecified atom stereocenters. The molecule has 0 spiro atoms. The Morgan fingerprint density at radius 3 is 2.60 bits per heavy atom. The van der Waals surface area contributed by atoms with Crippen LogP contribution in [0.5, 0.6) is 0 Å². The van der Waals surface area contributed by atoms with Gasteiger partial charge in [-0.25, -0.2) is 8.42 Å². The van der Waals surface area contributed by atoms with Crippen molar-refractivity contribution in [1.29, 1.82) is 0 Å². The number of benzene rings is 1. The maximum atomic E-state index is 12.1. The Morgan fingerprint density at radius 2 is 2.00 bits per heavy atom. The van der Waals surface area contributed by atoms with Crippen LogP contribution in [0.2, 0.25) is 4.34 Å². The van der Waals surface area contributed by atoms with Gasteiger partial charge in [0.25, 0.3) is 0 Å². The summed E-state index contributed by atoms with van der Waals surface area (Å²) >= 11 is 6.84. The quantitative estimate of drug-likeness (QED) is 0.789. The highest BCUT2D eigenvalue weighted by atomic mass is 35.5. The van der Waals surface area contributed by atoms with E-state index in [4.69, 9.17) is 11.6 Å². The number of hydrogen-bond donors (Lipinski definition) is 0. The number of carbonyl (C=O) groups excluding carboxylic acids is 1. The van der Waals surface area contributed by atoms with E-state index in [1.807, 2.05) is 19.1 Å². The van der Waals surface area contributed by atoms with E-state index in [-0.39, 0.29) is 5.75 Å². The first-order valence-electron chi connectivity index (χ1n) is 5.90. The van der Waals surface area contributed by atoms with Crippen molar-refractivity contribution in [3.05, 3.63) is 56.7 Å². The van der Waals surface area contributed by atoms with Crippen LogP contribution in [0, 0.1) is 6.92 Å². The van der Waals surface area contributed by atoms with Crippen molar-refractivity contribution in [1.82, 2.24) is 0 Å². The van der Waals surface area contributed by atoms with Crippen LogP contribution < -0.4 is 0 Å². The minimum absolute atomic E-state index is 0.125. The molecule has 0 aliphatic rings. The van der Waals surface area contributed by atoms with Crippen LogP contribution in [0.15, 0.2) is 36.4 Å². The molecule has 0 N–H and O–H groups in total. The molecule has 0 aliphatic heterocycles. The highest BCUT2D eigenvalue weighted by Crippen LogP contribution is 2.22. The normalized spacial score (nSPS) is 11.5. The van der Waals surface area contributed by atoms with Crippen LogP contribution in [-0.4, -0.2) is 20.0 Å². The zero-order valence-electron chi connectivity index (χ0n) is 10.8. The molecule has 106 valence electrons. The first-order valence-corrected chi connectivity index (χ1v) is 8.92. The molecule has 1 heterocycles. The van der Waals surface area contributed by atoms with Crippen molar-refractivity contribution in [2.24, 2.45) is 0 Å². The standard InChI is InChI=1S/C14H13ClO3S2/c1-10-3-2-4-11(7-10)8-20(17,18)9-12(16)13-5-6-14(15)19-13/h2-7H,8-9H2,1H3. The Morgan fingerprint density at radius 1 is 1.25 bits per heavy atom. The van der Waals surface area contributed by atoms with E-state index in [1.54, 1.807) is 24.3 Å². The zero-order chi connectivity index (χ0) is 14.8. The number of ketones is 1. The molecule has 0 radical (unpaired) electrons. The molecule has 20 heavy (non-hydrogen) atoms. The number of halogens is 1. The highest BCUT2D eigenvalue weighted by molar-refractivity contribution is 7.91. The Balaban J connectivity index is 2.10. The van der Waals surface area contributed by atoms with Gasteiger partial charge in [0.1, 0.15) is 5.75 Å². The molecular formula is C14H13ClO3S2. The van der Waals surface area contributed by atoms with E-state index in [2.05, 4.69) is 0 Å². The van der Waals surface area contributed by atoms with E-state index >= 15 is 0 Å². The third-order valence-corrected chi connectivity index (χ3v) is 5.42. The molecule has 0 atom stereocenters. The van der Waals surface area contributed by atoms with Gasteiger partial charge in [-0.3, -0.25) is 4.79 Å². The van der Waals surface area contributed by atoms with Gasteiger partial charge in [0.15, 0.2) is 15.6 Å². The summed E-state index contributed by atoms with van der Waals surface area (Å²) in [5, 5.41) is 0. The van der Waals surface area contributed by atoms with Crippen molar-refractivity contribution >= 4 is 38.6 Å². The molecule has 0 bridgehead atoms. The van der Waals surface area contributed by atoms with Crippen molar-refractivity contribution in [2.75, 3.05) is 5.75 Å². The summed E-state index contributed by atoms with van der Waals surface area (Å²) in [4.78, 5) is 12.3. The fourth-order valence-corrected chi connectivity index (χ4v) is 4.26. The minimum atomic E-state index is -3.48. The number of Topliss-reactive ketones (excluding diaryl/α,β-unsaturated/α-hetero) is 1. The van der Waals surface area contributed by atoms with Crippen LogP contribution in [0.4, 0.5) is 0 Å². The van der Waals surface area contributed by atoms with E-state index in [1.165, 1.54) is 0 Å². The Labute approximate surface area is 127 Å². The van der Waals surface area contributed by atoms with Crippen molar-refractivity contribution < 1.29 is 13.2 Å². The summed E-state index contributed by atoms with van der Waals surface area (Å²) < 4.78 is 24.6. The number of rotatable bonds is 5. The van der Waals surface area contributed by atoms with E-state index < -0.39 is 21.4 Å². The van der Waals surface area contributed by atoms with Gasteiger partial charge in [0.05, 0.1) is 15.0 Å². The van der Waals surface area contributed by atoms with Crippen LogP contribution in [0.3, 0.4) is 0 Å². The summed E-state index contributed by atoms with van der Waals surface area (Å²) in [7, 11) is -3.48. The monoisotopic (exact) mass is 328 g/mol. The molecule has 0 saturated heterocycles. The smallest absolute Gasteiger partial charge is 0.187 e. The molecular weight excluding hydrogens is 316 g/mol. The number of carbonyl (C=O) groups is 1. The van der Waals surface area contributed by atoms with Gasteiger partial charge in [-0.05, 0) is 24.6 Å². The average molecular weight is 329 g/mol. The van der Waals surface area contributed by atoms with E-state index in [0.717, 1.165) is 16.9 Å². The van der Waals surface area contributed by atoms with Gasteiger partial charge in [0.2, 0.25) is 0 Å². The van der Waals surface area contributed by atoms with Gasteiger partial charge in [-0.15, -0.1) is 11.3 Å². The molecule has 2 aromatic rings. The third kappa shape index (κ3) is 4.16. The van der Waals surface area contributed by atoms with E-state index in [0.29, 0.717) is 14.8 Å². The average Bonchev–Trinajstić information content (AvgIpc) is 2.74. The van der Waals surface area contributed by atoms with Gasteiger partial charge in [0, 0.05) is 0 Å². The number of sulfone groups is 1. The maximum absolute atomic E-state index is 12.1. The summed E-state index contributed by atoms with van der Waals surface area (Å²) in [5.41, 5.74) is 1.69. The second-order valence-electron chi connectivity index (χ2n) is 4.55. The molecule has 0 aliphatic carbocycles. The molecule has 3 nitrogen and oxygen atoms in total. The molecule has 6 heteroatoms. The van der Waals surface area contributed by atoms with Crippen LogP contribution in [0.1, 0.15) is 20.8 Å². The van der Waals surface area contributed by atoms with E-state index in [9.17, 15) is 13.2 Å². The Bertz CT molecular complexity index is 732. The Kier molecular flexibility index (Phi) is 4.62. The Hall–Kier alpha value is -1.17. The highest BCUT2D eigenvalue weighted by Gasteiger charge is 2.20. The third-order valence-electron chi connectivity index (χ3n) is 2.67. The predicted molar refractivity (Wildman–Crippen MR) is 82.3 cm³/mol. The zero-order valence-corrected chi connectivity index (χ0v) is 13.2. The molecule has 0 fully saturated rings. The predicted octanol–water partition coefficient (Wildman–Crippen LogP) is 3.51. The van der Waals surface area contributed by atoms with Crippen molar-refractivity contribution in [3.63, 3.8) is 0 Å². The lowest BCUT2D eigenvalue weighted by Crippen LogP contribution is -2.17. The summed E-state index contributed by atoms with van der Waals surface area (Å²) in [6.07, 6.45) is 0. The fraction of sp³-hybridized carbons (Fsp3) is 0.214. The summed E-state index contributed by atoms with van der Waals surface area (Å²) in [6, 6.07) is 10.4. The SMILES string of the molecule is Cc1cccc(CS(=O)(=O)CC(=O)c2ccc(Cl)s2)c1. The second kappa shape index (κ2) is 6.08. The number of thiophene rings is 1. The lowest BCUT2D eigenvalue weighted by Gasteiger charge is -2.04. The lowest BCUT2D eigenvalue weighted by atomic mass is 10.2. The van der Waals surface area contributed by atoms with Crippen LogP contribution in [-0.2, 0) is 15.6 Å². The summed E-state index contributed by atoms with van der Waals surface area (Å²) in [5.74, 6) is -1.02. The first-order chi connectivity index (χ1) is 9.35. The van der Waals surface area contributed by atoms with Crippen LogP contribution >= 0.6 is 22.9 Å². The topological polar surface area (TPSA) is 51.2 Å². The van der Waals surface area contributed by atoms with Gasteiger partial charge in [-0.1, -0.05) is 41.4 Å². The summed E-state index contributed by atoms with van der Waals surface area (Å²) in [6.45, 7) is 1.90. The molecule has 0 amide bonds. The minimum Gasteiger partial charge on any atom is -0.292 e. The number of aryl methyl sites for hydroxylation is 1. The molecule has 2 rings (SSSR count). The molecule has 0 saturated carbocycles. The van der Waals surface area contributed by atoms with Gasteiger partial charge in [-0.2, -0.15) is 0 Å². The van der Waals surface area contributed by atoms with Crippen LogP contribution in [0.25, 0.3) is 0 Å².